The highest BCUT2D eigenvalue weighted by Crippen LogP contribution is 2.32. The van der Waals surface area contributed by atoms with Crippen LogP contribution in [-0.4, -0.2) is 36.7 Å². The number of nitrogens with two attached hydrogens (primary N) is 1. The summed E-state index contributed by atoms with van der Waals surface area (Å²) in [6.07, 6.45) is 20.0. The van der Waals surface area contributed by atoms with E-state index in [-0.39, 0.29) is 12.4 Å². The van der Waals surface area contributed by atoms with Gasteiger partial charge in [-0.3, -0.25) is 0 Å². The van der Waals surface area contributed by atoms with Crippen molar-refractivity contribution in [2.75, 3.05) is 27.9 Å². The fraction of sp³-hybridized carbons (Fsp3) is 1.00. The molecule has 0 aliphatic rings. The van der Waals surface area contributed by atoms with Crippen LogP contribution in [-0.2, 0) is 13.3 Å². The Morgan fingerprint density at radius 2 is 1.00 bits per heavy atom. The predicted molar refractivity (Wildman–Crippen MR) is 122 cm³/mol. The van der Waals surface area contributed by atoms with Gasteiger partial charge in [-0.1, -0.05) is 90.4 Å². The van der Waals surface area contributed by atoms with Crippen molar-refractivity contribution in [3.05, 3.63) is 0 Å². The van der Waals surface area contributed by atoms with Crippen LogP contribution in [0.5, 0.6) is 0 Å². The molecule has 0 aromatic carbocycles. The fourth-order valence-corrected chi connectivity index (χ4v) is 6.44. The molecule has 6 heteroatoms. The lowest BCUT2D eigenvalue weighted by molar-refractivity contribution is 0.108. The van der Waals surface area contributed by atoms with E-state index >= 15 is 0 Å². The van der Waals surface area contributed by atoms with E-state index in [2.05, 4.69) is 6.92 Å². The van der Waals surface area contributed by atoms with E-state index in [9.17, 15) is 0 Å². The molecule has 0 aromatic rings. The number of halogens is 1. The first-order chi connectivity index (χ1) is 12.7. The van der Waals surface area contributed by atoms with Gasteiger partial charge in [0.2, 0.25) is 0 Å². The maximum absolute atomic E-state index is 5.79. The van der Waals surface area contributed by atoms with Gasteiger partial charge in [-0.05, 0) is 19.4 Å². The third-order valence-electron chi connectivity index (χ3n) is 5.52. The van der Waals surface area contributed by atoms with E-state index < -0.39 is 8.80 Å². The van der Waals surface area contributed by atoms with Gasteiger partial charge in [0.25, 0.3) is 0 Å². The van der Waals surface area contributed by atoms with Gasteiger partial charge in [-0.25, -0.2) is 0 Å². The number of rotatable bonds is 20. The zero-order chi connectivity index (χ0) is 19.5. The minimum atomic E-state index is -2.55. The molecule has 0 saturated carbocycles. The molecule has 0 rings (SSSR count). The molecule has 0 aliphatic carbocycles. The molecule has 0 radical (unpaired) electrons. The summed E-state index contributed by atoms with van der Waals surface area (Å²) in [5.41, 5.74) is 6.11. The Hall–Kier alpha value is 0.347. The van der Waals surface area contributed by atoms with Gasteiger partial charge in [0.15, 0.2) is 0 Å². The van der Waals surface area contributed by atoms with Crippen molar-refractivity contribution in [1.82, 2.24) is 0 Å². The topological polar surface area (TPSA) is 53.7 Å². The smallest absolute Gasteiger partial charge is 0.377 e. The quantitative estimate of drug-likeness (QED) is 0.179. The van der Waals surface area contributed by atoms with Crippen LogP contribution in [0.15, 0.2) is 0 Å². The van der Waals surface area contributed by atoms with Crippen molar-refractivity contribution in [3.8, 4) is 0 Å². The predicted octanol–water partition coefficient (Wildman–Crippen LogP) is 6.49. The van der Waals surface area contributed by atoms with Gasteiger partial charge in [0.1, 0.15) is 0 Å². The lowest BCUT2D eigenvalue weighted by Gasteiger charge is -2.32. The zero-order valence-electron chi connectivity index (χ0n) is 18.6. The second-order valence-corrected chi connectivity index (χ2v) is 10.8. The first-order valence-corrected chi connectivity index (χ1v) is 12.9. The molecule has 0 heterocycles. The van der Waals surface area contributed by atoms with Crippen molar-refractivity contribution in [1.29, 1.82) is 0 Å². The number of unbranched alkanes of at least 4 members (excludes halogenated alkanes) is 12. The molecule has 4 nitrogen and oxygen atoms in total. The molecular formula is C21H48ClNO3Si. The molecule has 2 N–H and O–H groups in total. The Balaban J connectivity index is 0. The summed E-state index contributed by atoms with van der Waals surface area (Å²) in [6.45, 7) is 2.94. The molecule has 0 fully saturated rings. The summed E-state index contributed by atoms with van der Waals surface area (Å²) in [6, 6.07) is 0. The molecule has 0 spiro atoms. The summed E-state index contributed by atoms with van der Waals surface area (Å²) in [7, 11) is 2.55. The number of hydrogen-bond donors (Lipinski definition) is 1. The summed E-state index contributed by atoms with van der Waals surface area (Å²) >= 11 is 0. The van der Waals surface area contributed by atoms with Gasteiger partial charge >= 0.3 is 8.80 Å². The fourth-order valence-electron chi connectivity index (χ4n) is 3.86. The first-order valence-electron chi connectivity index (χ1n) is 11.1. The molecule has 1 unspecified atom stereocenters. The first kappa shape index (κ1) is 29.5. The molecule has 166 valence electrons. The van der Waals surface area contributed by atoms with Gasteiger partial charge in [-0.15, -0.1) is 12.4 Å². The van der Waals surface area contributed by atoms with E-state index in [1.807, 2.05) is 0 Å². The Morgan fingerprint density at radius 1 is 0.630 bits per heavy atom. The van der Waals surface area contributed by atoms with Gasteiger partial charge in [0.05, 0.1) is 0 Å². The molecule has 0 saturated heterocycles. The Morgan fingerprint density at radius 3 is 1.33 bits per heavy atom. The third kappa shape index (κ3) is 14.0. The highest BCUT2D eigenvalue weighted by Gasteiger charge is 2.46. The zero-order valence-corrected chi connectivity index (χ0v) is 20.4. The van der Waals surface area contributed by atoms with E-state index in [4.69, 9.17) is 19.0 Å². The summed E-state index contributed by atoms with van der Waals surface area (Å²) < 4.78 is 17.0. The van der Waals surface area contributed by atoms with E-state index in [1.165, 1.54) is 83.5 Å². The molecule has 27 heavy (non-hydrogen) atoms. The largest absolute Gasteiger partial charge is 0.503 e. The highest BCUT2D eigenvalue weighted by molar-refractivity contribution is 6.62. The molecule has 0 bridgehead atoms. The van der Waals surface area contributed by atoms with Crippen LogP contribution in [0, 0.1) is 0 Å². The average molecular weight is 426 g/mol. The minimum absolute atomic E-state index is 0. The van der Waals surface area contributed by atoms with Gasteiger partial charge < -0.3 is 19.0 Å². The van der Waals surface area contributed by atoms with Crippen LogP contribution in [0.4, 0.5) is 0 Å². The molecule has 0 aromatic heterocycles. The summed E-state index contributed by atoms with van der Waals surface area (Å²) in [4.78, 5) is 0. The standard InChI is InChI=1S/C21H47NO3Si.ClH/c1-5-6-7-8-9-10-11-12-13-14-15-16-17-18-21(19-20-22)26(23-2,24-3)25-4;/h21H,5-20,22H2,1-4H3;1H. The maximum Gasteiger partial charge on any atom is 0.503 e. The monoisotopic (exact) mass is 425 g/mol. The van der Waals surface area contributed by atoms with Crippen molar-refractivity contribution in [3.63, 3.8) is 0 Å². The minimum Gasteiger partial charge on any atom is -0.377 e. The van der Waals surface area contributed by atoms with E-state index in [0.717, 1.165) is 12.8 Å². The summed E-state index contributed by atoms with van der Waals surface area (Å²) in [5, 5.41) is 0. The van der Waals surface area contributed by atoms with Gasteiger partial charge in [0, 0.05) is 26.9 Å². The third-order valence-corrected chi connectivity index (χ3v) is 8.81. The van der Waals surface area contributed by atoms with Crippen LogP contribution in [0.25, 0.3) is 0 Å². The van der Waals surface area contributed by atoms with Crippen molar-refractivity contribution < 1.29 is 13.3 Å². The molecule has 1 atom stereocenters. The van der Waals surface area contributed by atoms with Crippen molar-refractivity contribution >= 4 is 21.2 Å². The van der Waals surface area contributed by atoms with E-state index in [0.29, 0.717) is 12.1 Å². The molecule has 0 amide bonds. The Labute approximate surface area is 177 Å². The van der Waals surface area contributed by atoms with Gasteiger partial charge in [-0.2, -0.15) is 0 Å². The average Bonchev–Trinajstić information content (AvgIpc) is 2.67. The van der Waals surface area contributed by atoms with Crippen molar-refractivity contribution in [2.45, 2.75) is 109 Å². The Bertz CT molecular complexity index is 286. The van der Waals surface area contributed by atoms with Crippen LogP contribution in [0.2, 0.25) is 5.54 Å². The Kier molecular flexibility index (Phi) is 23.1. The highest BCUT2D eigenvalue weighted by atomic mass is 35.5. The second kappa shape index (κ2) is 21.1. The van der Waals surface area contributed by atoms with Crippen LogP contribution >= 0.6 is 12.4 Å². The maximum atomic E-state index is 5.79. The lowest BCUT2D eigenvalue weighted by atomic mass is 10.0. The van der Waals surface area contributed by atoms with Crippen LogP contribution in [0.1, 0.15) is 103 Å². The molecule has 0 aliphatic heterocycles. The molecular weight excluding hydrogens is 378 g/mol. The van der Waals surface area contributed by atoms with Crippen LogP contribution < -0.4 is 5.73 Å². The van der Waals surface area contributed by atoms with Crippen molar-refractivity contribution in [2.24, 2.45) is 5.73 Å². The normalized spacial score (nSPS) is 12.8. The summed E-state index contributed by atoms with van der Waals surface area (Å²) in [5.74, 6) is 0. The van der Waals surface area contributed by atoms with Crippen LogP contribution in [0.3, 0.4) is 0 Å². The SMILES string of the molecule is CCCCCCCCCCCCCCCC(CCN)[Si](OC)(OC)OC.Cl. The second-order valence-electron chi connectivity index (χ2n) is 7.52. The van der Waals surface area contributed by atoms with E-state index in [1.54, 1.807) is 21.3 Å². The lowest BCUT2D eigenvalue weighted by Crippen LogP contribution is -2.48. The number of hydrogen-bond acceptors (Lipinski definition) is 4.